The third-order valence-corrected chi connectivity index (χ3v) is 2.95. The van der Waals surface area contributed by atoms with Crippen LogP contribution in [0.4, 0.5) is 9.59 Å². The summed E-state index contributed by atoms with van der Waals surface area (Å²) >= 11 is 0. The van der Waals surface area contributed by atoms with E-state index < -0.39 is 12.3 Å². The Kier molecular flexibility index (Phi) is 15.0. The molecule has 0 bridgehead atoms. The van der Waals surface area contributed by atoms with Crippen molar-refractivity contribution >= 4 is 12.3 Å². The first kappa shape index (κ1) is 23.5. The lowest BCUT2D eigenvalue weighted by atomic mass is 10.2. The molecule has 0 aromatic heterocycles. The summed E-state index contributed by atoms with van der Waals surface area (Å²) in [4.78, 5) is 39.1. The Bertz CT molecular complexity index is 318. The van der Waals surface area contributed by atoms with Gasteiger partial charge in [-0.15, -0.1) is 0 Å². The fourth-order valence-corrected chi connectivity index (χ4v) is 1.37. The van der Waals surface area contributed by atoms with E-state index in [1.807, 2.05) is 13.8 Å². The van der Waals surface area contributed by atoms with E-state index in [4.69, 9.17) is 9.47 Å². The first-order valence-corrected chi connectivity index (χ1v) is 7.73. The largest absolute Gasteiger partial charge is 0.553 e. The second kappa shape index (κ2) is 16.0. The third kappa shape index (κ3) is 15.8. The van der Waals surface area contributed by atoms with Crippen LogP contribution in [0.3, 0.4) is 0 Å². The highest BCUT2D eigenvalue weighted by Gasteiger charge is 2.16. The first-order valence-electron chi connectivity index (χ1n) is 7.73. The molecule has 0 radical (unpaired) electrons. The molecular weight excluding hydrogens is 344 g/mol. The molecule has 0 heterocycles. The van der Waals surface area contributed by atoms with Crippen molar-refractivity contribution in [2.45, 2.75) is 51.7 Å². The molecule has 0 aliphatic carbocycles. The lowest BCUT2D eigenvalue weighted by Gasteiger charge is -2.08. The summed E-state index contributed by atoms with van der Waals surface area (Å²) in [7, 11) is 3.19. The molecule has 148 valence electrons. The van der Waals surface area contributed by atoms with E-state index in [-0.39, 0.29) is 25.4 Å². The predicted molar refractivity (Wildman–Crippen MR) is 79.5 cm³/mol. The third-order valence-electron chi connectivity index (χ3n) is 2.95. The summed E-state index contributed by atoms with van der Waals surface area (Å²) in [5.41, 5.74) is 0. The van der Waals surface area contributed by atoms with Gasteiger partial charge in [-0.2, -0.15) is 19.4 Å². The predicted octanol–water partition coefficient (Wildman–Crippen LogP) is 2.63. The Labute approximate surface area is 146 Å². The molecule has 0 aromatic rings. The highest BCUT2D eigenvalue weighted by Crippen LogP contribution is 2.02. The quantitative estimate of drug-likeness (QED) is 0.148. The summed E-state index contributed by atoms with van der Waals surface area (Å²) < 4.78 is 14.1. The van der Waals surface area contributed by atoms with Crippen LogP contribution < -0.4 is 0 Å². The Morgan fingerprint density at radius 1 is 0.760 bits per heavy atom. The molecule has 11 heteroatoms. The number of methoxy groups -OCH3 is 2. The van der Waals surface area contributed by atoms with Gasteiger partial charge in [-0.25, -0.2) is 9.78 Å². The van der Waals surface area contributed by atoms with E-state index in [0.717, 1.165) is 12.8 Å². The molecule has 11 nitrogen and oxygen atoms in total. The topological polar surface area (TPSA) is 117 Å². The number of rotatable bonds is 14. The van der Waals surface area contributed by atoms with Gasteiger partial charge in [-0.1, -0.05) is 0 Å². The summed E-state index contributed by atoms with van der Waals surface area (Å²) in [6.07, 6.45) is -0.130. The van der Waals surface area contributed by atoms with Gasteiger partial charge in [-0.05, 0) is 49.6 Å². The Morgan fingerprint density at radius 3 is 1.52 bits per heavy atom. The molecule has 0 aromatic carbocycles. The van der Waals surface area contributed by atoms with Crippen molar-refractivity contribution in [3.8, 4) is 0 Å². The molecular formula is C14H26O11. The average Bonchev–Trinajstić information content (AvgIpc) is 2.60. The highest BCUT2D eigenvalue weighted by molar-refractivity contribution is 5.76. The Hall–Kier alpha value is -1.50. The minimum absolute atomic E-state index is 0.0786. The summed E-state index contributed by atoms with van der Waals surface area (Å²) in [6.45, 7) is 4.10. The molecule has 2 atom stereocenters. The second-order valence-corrected chi connectivity index (χ2v) is 4.93. The SMILES string of the molecule is COC(C)CCCOOOC(=O)OC(=O)OOOCCCC(C)OC. The van der Waals surface area contributed by atoms with E-state index in [1.54, 1.807) is 14.2 Å². The van der Waals surface area contributed by atoms with Crippen LogP contribution in [0.1, 0.15) is 39.5 Å². The van der Waals surface area contributed by atoms with Gasteiger partial charge in [0.25, 0.3) is 0 Å². The zero-order chi connectivity index (χ0) is 18.9. The number of carbonyl (C=O) groups is 2. The van der Waals surface area contributed by atoms with Crippen LogP contribution in [0.2, 0.25) is 0 Å². The van der Waals surface area contributed by atoms with Crippen molar-refractivity contribution in [3.05, 3.63) is 0 Å². The summed E-state index contributed by atoms with van der Waals surface area (Å²) in [6, 6.07) is 0. The van der Waals surface area contributed by atoms with E-state index >= 15 is 0 Å². The molecule has 0 spiro atoms. The van der Waals surface area contributed by atoms with Crippen molar-refractivity contribution in [2.24, 2.45) is 0 Å². The second-order valence-electron chi connectivity index (χ2n) is 4.93. The maximum atomic E-state index is 11.0. The van der Waals surface area contributed by atoms with Crippen molar-refractivity contribution in [3.63, 3.8) is 0 Å². The number of carbonyl (C=O) groups excluding carboxylic acids is 2. The van der Waals surface area contributed by atoms with E-state index in [9.17, 15) is 9.59 Å². The molecule has 0 rings (SSSR count). The fourth-order valence-electron chi connectivity index (χ4n) is 1.37. The summed E-state index contributed by atoms with van der Waals surface area (Å²) in [5, 5.41) is 8.19. The zero-order valence-electron chi connectivity index (χ0n) is 14.9. The van der Waals surface area contributed by atoms with Gasteiger partial charge >= 0.3 is 12.3 Å². The van der Waals surface area contributed by atoms with Crippen LogP contribution in [0.15, 0.2) is 0 Å². The fraction of sp³-hybridized carbons (Fsp3) is 0.857. The molecule has 0 fully saturated rings. The number of ether oxygens (including phenoxy) is 3. The van der Waals surface area contributed by atoms with E-state index in [1.165, 1.54) is 0 Å². The van der Waals surface area contributed by atoms with Gasteiger partial charge in [0, 0.05) is 14.2 Å². The lowest BCUT2D eigenvalue weighted by Crippen LogP contribution is -2.16. The van der Waals surface area contributed by atoms with Crippen LogP contribution in [-0.2, 0) is 43.8 Å². The van der Waals surface area contributed by atoms with Gasteiger partial charge < -0.3 is 14.2 Å². The molecule has 0 N–H and O–H groups in total. The van der Waals surface area contributed by atoms with Crippen LogP contribution in [0, 0.1) is 0 Å². The molecule has 0 saturated heterocycles. The monoisotopic (exact) mass is 370 g/mol. The standard InChI is InChI=1S/C14H26O11/c1-11(17-3)7-5-9-19-24-22-13(15)21-14(16)23-25-20-10-6-8-12(2)18-4/h11-12H,5-10H2,1-4H3. The van der Waals surface area contributed by atoms with Crippen LogP contribution >= 0.6 is 0 Å². The van der Waals surface area contributed by atoms with Crippen molar-refractivity contribution in [2.75, 3.05) is 27.4 Å². The molecule has 0 saturated carbocycles. The highest BCUT2D eigenvalue weighted by atomic mass is 17.5. The number of hydrogen-bond donors (Lipinski definition) is 0. The van der Waals surface area contributed by atoms with E-state index in [0.29, 0.717) is 12.8 Å². The maximum absolute atomic E-state index is 11.0. The van der Waals surface area contributed by atoms with Crippen molar-refractivity contribution in [1.82, 2.24) is 0 Å². The molecule has 0 aliphatic rings. The van der Waals surface area contributed by atoms with Gasteiger partial charge in [0.1, 0.15) is 0 Å². The Balaban J connectivity index is 3.46. The molecule has 0 amide bonds. The van der Waals surface area contributed by atoms with Gasteiger partial charge in [0.2, 0.25) is 0 Å². The van der Waals surface area contributed by atoms with Gasteiger partial charge in [0.05, 0.1) is 25.4 Å². The van der Waals surface area contributed by atoms with Crippen LogP contribution in [-0.4, -0.2) is 52.0 Å². The lowest BCUT2D eigenvalue weighted by molar-refractivity contribution is -0.493. The maximum Gasteiger partial charge on any atom is 0.553 e. The zero-order valence-corrected chi connectivity index (χ0v) is 14.9. The van der Waals surface area contributed by atoms with Crippen molar-refractivity contribution in [1.29, 1.82) is 0 Å². The van der Waals surface area contributed by atoms with E-state index in [2.05, 4.69) is 34.4 Å². The van der Waals surface area contributed by atoms with Crippen LogP contribution in [0.5, 0.6) is 0 Å². The normalized spacial score (nSPS) is 13.1. The minimum atomic E-state index is -1.49. The number of hydrogen-bond acceptors (Lipinski definition) is 11. The van der Waals surface area contributed by atoms with Crippen molar-refractivity contribution < 1.29 is 53.4 Å². The average molecular weight is 370 g/mol. The van der Waals surface area contributed by atoms with Crippen LogP contribution in [0.25, 0.3) is 0 Å². The first-order chi connectivity index (χ1) is 12.0. The summed E-state index contributed by atoms with van der Waals surface area (Å²) in [5.74, 6) is 0. The van der Waals surface area contributed by atoms with Gasteiger partial charge in [-0.3, -0.25) is 0 Å². The van der Waals surface area contributed by atoms with Gasteiger partial charge in [0.15, 0.2) is 0 Å². The molecule has 2 unspecified atom stereocenters. The molecule has 0 aliphatic heterocycles. The smallest absolute Gasteiger partial charge is 0.382 e. The minimum Gasteiger partial charge on any atom is -0.382 e. The molecule has 25 heavy (non-hydrogen) atoms. The Morgan fingerprint density at radius 2 is 1.16 bits per heavy atom.